The van der Waals surface area contributed by atoms with E-state index in [0.29, 0.717) is 17.4 Å². The Morgan fingerprint density at radius 1 is 0.344 bits per heavy atom. The lowest BCUT2D eigenvalue weighted by atomic mass is 10.0. The van der Waals surface area contributed by atoms with E-state index in [1.807, 2.05) is 21.1 Å². The van der Waals surface area contributed by atoms with Crippen molar-refractivity contribution in [1.82, 2.24) is 0 Å². The van der Waals surface area contributed by atoms with Gasteiger partial charge in [-0.05, 0) is 109 Å². The van der Waals surface area contributed by atoms with Gasteiger partial charge in [-0.2, -0.15) is 0 Å². The molecule has 10 heteroatoms. The van der Waals surface area contributed by atoms with Crippen LogP contribution in [0.15, 0.2) is 134 Å². The minimum atomic E-state index is -4.65. The lowest BCUT2D eigenvalue weighted by Gasteiger charge is -2.28. The van der Waals surface area contributed by atoms with Gasteiger partial charge in [-0.1, -0.05) is 321 Å². The summed E-state index contributed by atoms with van der Waals surface area (Å²) in [5, 5.41) is 0. The zero-order chi connectivity index (χ0) is 65.5. The molecule has 0 aromatic rings. The molecular formula is C80H138NO8P. The summed E-state index contributed by atoms with van der Waals surface area (Å²) in [5.41, 5.74) is 0. The Balaban J connectivity index is 4.03. The highest BCUT2D eigenvalue weighted by atomic mass is 31.2. The van der Waals surface area contributed by atoms with E-state index < -0.39 is 26.5 Å². The number of esters is 2. The van der Waals surface area contributed by atoms with Crippen molar-refractivity contribution >= 4 is 19.8 Å². The molecule has 2 atom stereocenters. The summed E-state index contributed by atoms with van der Waals surface area (Å²) in [6.45, 7) is 4.04. The van der Waals surface area contributed by atoms with Crippen LogP contribution >= 0.6 is 7.82 Å². The second-order valence-corrected chi connectivity index (χ2v) is 27.0. The number of rotatable bonds is 67. The van der Waals surface area contributed by atoms with Crippen LogP contribution in [0.1, 0.15) is 309 Å². The number of quaternary nitrogens is 1. The molecule has 90 heavy (non-hydrogen) atoms. The second kappa shape index (κ2) is 69.5. The number of likely N-dealkylation sites (N-methyl/N-ethyl adjacent to an activating group) is 1. The van der Waals surface area contributed by atoms with Crippen molar-refractivity contribution in [3.63, 3.8) is 0 Å². The molecule has 0 aromatic carbocycles. The number of phosphoric ester groups is 1. The van der Waals surface area contributed by atoms with Gasteiger partial charge in [-0.25, -0.2) is 0 Å². The standard InChI is InChI=1S/C80H138NO8P/c1-6-8-10-12-14-16-18-20-22-24-26-28-30-32-34-36-38-39-40-41-43-45-47-49-51-53-55-57-59-61-63-65-67-69-71-73-80(83)89-78(77-88-90(84,85)87-75-74-81(3,4)5)76-86-79(82)72-70-68-66-64-62-60-58-56-54-52-50-48-46-44-42-37-35-33-31-29-27-25-23-21-19-17-15-13-11-9-7-2/h8-11,14-17,20-23,26-29,32,34,38-39,41,43,78H,6-7,12-13,18-19,24-25,30-31,33,35-37,40,42,44-77H2,1-5H3/b10-8-,11-9-,16-14-,17-15-,22-20-,23-21-,28-26-,29-27-,34-32-,39-38-,43-41-. The molecule has 2 unspecified atom stereocenters. The average molecular weight is 1270 g/mol. The van der Waals surface area contributed by atoms with E-state index in [0.717, 1.165) is 109 Å². The van der Waals surface area contributed by atoms with E-state index in [2.05, 4.69) is 148 Å². The van der Waals surface area contributed by atoms with Crippen LogP contribution in [-0.2, 0) is 32.7 Å². The number of nitrogens with zero attached hydrogens (tertiary/aromatic N) is 1. The first-order chi connectivity index (χ1) is 44.0. The minimum absolute atomic E-state index is 0.0349. The molecule has 516 valence electrons. The lowest BCUT2D eigenvalue weighted by molar-refractivity contribution is -0.870. The van der Waals surface area contributed by atoms with E-state index >= 15 is 0 Å². The number of unbranched alkanes of at least 4 members (excludes halogenated alkanes) is 31. The summed E-state index contributed by atoms with van der Waals surface area (Å²) in [7, 11) is 1.16. The lowest BCUT2D eigenvalue weighted by Crippen LogP contribution is -2.37. The molecule has 0 amide bonds. The van der Waals surface area contributed by atoms with Crippen LogP contribution in [0.2, 0.25) is 0 Å². The minimum Gasteiger partial charge on any atom is -0.756 e. The van der Waals surface area contributed by atoms with Gasteiger partial charge in [-0.3, -0.25) is 14.2 Å². The largest absolute Gasteiger partial charge is 0.756 e. The first-order valence-corrected chi connectivity index (χ1v) is 38.4. The average Bonchev–Trinajstić information content (AvgIpc) is 3.61. The molecule has 9 nitrogen and oxygen atoms in total. The summed E-state index contributed by atoms with van der Waals surface area (Å²) in [6, 6.07) is 0. The van der Waals surface area contributed by atoms with Crippen LogP contribution in [0.3, 0.4) is 0 Å². The maximum Gasteiger partial charge on any atom is 0.306 e. The fraction of sp³-hybridized carbons (Fsp3) is 0.700. The van der Waals surface area contributed by atoms with Crippen LogP contribution < -0.4 is 4.89 Å². The smallest absolute Gasteiger partial charge is 0.306 e. The fourth-order valence-corrected chi connectivity index (χ4v) is 10.8. The van der Waals surface area contributed by atoms with Gasteiger partial charge in [0, 0.05) is 12.8 Å². The Labute approximate surface area is 555 Å². The van der Waals surface area contributed by atoms with Gasteiger partial charge in [0.05, 0.1) is 27.7 Å². The third-order valence-corrected chi connectivity index (χ3v) is 16.6. The Hall–Kier alpha value is -3.85. The number of ether oxygens (including phenoxy) is 2. The van der Waals surface area contributed by atoms with Gasteiger partial charge in [0.25, 0.3) is 7.82 Å². The number of phosphoric acid groups is 1. The summed E-state index contributed by atoms with van der Waals surface area (Å²) >= 11 is 0. The normalized spacial score (nSPS) is 13.9. The number of allylic oxidation sites excluding steroid dienone is 22. The van der Waals surface area contributed by atoms with E-state index in [-0.39, 0.29) is 32.0 Å². The quantitative estimate of drug-likeness (QED) is 0.0195. The van der Waals surface area contributed by atoms with Crippen LogP contribution in [0, 0.1) is 0 Å². The van der Waals surface area contributed by atoms with E-state index in [1.54, 1.807) is 0 Å². The van der Waals surface area contributed by atoms with Gasteiger partial charge in [0.15, 0.2) is 6.10 Å². The van der Waals surface area contributed by atoms with Crippen molar-refractivity contribution < 1.29 is 42.1 Å². The zero-order valence-electron chi connectivity index (χ0n) is 58.8. The van der Waals surface area contributed by atoms with Crippen molar-refractivity contribution in [2.75, 3.05) is 47.5 Å². The predicted octanol–water partition coefficient (Wildman–Crippen LogP) is 23.8. The van der Waals surface area contributed by atoms with E-state index in [1.165, 1.54) is 167 Å². The molecular weight excluding hydrogens is 1130 g/mol. The summed E-state index contributed by atoms with van der Waals surface area (Å²) in [5.74, 6) is -0.829. The number of carbonyl (C=O) groups is 2. The van der Waals surface area contributed by atoms with Crippen LogP contribution in [-0.4, -0.2) is 70.0 Å². The zero-order valence-corrected chi connectivity index (χ0v) is 59.7. The molecule has 0 rings (SSSR count). The monoisotopic (exact) mass is 1270 g/mol. The molecule has 0 heterocycles. The molecule has 0 aliphatic heterocycles. The highest BCUT2D eigenvalue weighted by molar-refractivity contribution is 7.45. The Morgan fingerprint density at radius 3 is 0.889 bits per heavy atom. The fourth-order valence-electron chi connectivity index (χ4n) is 10.1. The molecule has 0 aromatic heterocycles. The highest BCUT2D eigenvalue weighted by Gasteiger charge is 2.22. The van der Waals surface area contributed by atoms with Crippen LogP contribution in [0.5, 0.6) is 0 Å². The maximum atomic E-state index is 12.9. The summed E-state index contributed by atoms with van der Waals surface area (Å²) in [6.07, 6.45) is 101. The molecule has 0 saturated heterocycles. The van der Waals surface area contributed by atoms with Gasteiger partial charge in [-0.15, -0.1) is 0 Å². The van der Waals surface area contributed by atoms with Crippen molar-refractivity contribution in [3.05, 3.63) is 134 Å². The van der Waals surface area contributed by atoms with Crippen molar-refractivity contribution in [2.45, 2.75) is 315 Å². The second-order valence-electron chi connectivity index (χ2n) is 25.5. The highest BCUT2D eigenvalue weighted by Crippen LogP contribution is 2.38. The summed E-state index contributed by atoms with van der Waals surface area (Å²) < 4.78 is 34.4. The van der Waals surface area contributed by atoms with E-state index in [4.69, 9.17) is 18.5 Å². The third kappa shape index (κ3) is 73.2. The molecule has 0 fully saturated rings. The predicted molar refractivity (Wildman–Crippen MR) is 388 cm³/mol. The van der Waals surface area contributed by atoms with Gasteiger partial charge in [0.1, 0.15) is 19.8 Å². The Morgan fingerprint density at radius 2 is 0.600 bits per heavy atom. The van der Waals surface area contributed by atoms with Crippen LogP contribution in [0.25, 0.3) is 0 Å². The Kier molecular flexibility index (Phi) is 66.5. The molecule has 0 aliphatic rings. The van der Waals surface area contributed by atoms with Gasteiger partial charge >= 0.3 is 11.9 Å². The number of carbonyl (C=O) groups excluding carboxylic acids is 2. The first-order valence-electron chi connectivity index (χ1n) is 36.9. The maximum absolute atomic E-state index is 12.9. The van der Waals surface area contributed by atoms with Crippen LogP contribution in [0.4, 0.5) is 0 Å². The molecule has 0 N–H and O–H groups in total. The third-order valence-electron chi connectivity index (χ3n) is 15.7. The topological polar surface area (TPSA) is 111 Å². The molecule has 0 aliphatic carbocycles. The number of hydrogen-bond donors (Lipinski definition) is 0. The molecule has 0 saturated carbocycles. The SMILES string of the molecule is CC/C=C\C/C=C\C/C=C\C/C=C\C/C=C\C/C=C\C/C=C\CCCCCCCCCCCCCCCC(=O)OC(COC(=O)CCCCCCCCCCCCCCCCCCCC/C=C\C/C=C\C/C=C\C/C=C\CC)COP(=O)([O-])OCC[N+](C)(C)C. The van der Waals surface area contributed by atoms with Gasteiger partial charge in [0.2, 0.25) is 0 Å². The van der Waals surface area contributed by atoms with Crippen molar-refractivity contribution in [3.8, 4) is 0 Å². The molecule has 0 bridgehead atoms. The number of hydrogen-bond acceptors (Lipinski definition) is 8. The Bertz CT molecular complexity index is 1980. The van der Waals surface area contributed by atoms with Gasteiger partial charge < -0.3 is 27.9 Å². The first kappa shape index (κ1) is 86.2. The molecule has 0 spiro atoms. The van der Waals surface area contributed by atoms with Crippen molar-refractivity contribution in [1.29, 1.82) is 0 Å². The van der Waals surface area contributed by atoms with E-state index in [9.17, 15) is 19.0 Å². The van der Waals surface area contributed by atoms with Crippen molar-refractivity contribution in [2.24, 2.45) is 0 Å². The molecule has 0 radical (unpaired) electrons. The summed E-state index contributed by atoms with van der Waals surface area (Å²) in [4.78, 5) is 38.1.